The minimum absolute atomic E-state index is 0.146. The minimum Gasteiger partial charge on any atom is -0.489 e. The first kappa shape index (κ1) is 17.7. The van der Waals surface area contributed by atoms with Gasteiger partial charge < -0.3 is 14.4 Å². The molecule has 2 aromatic rings. The van der Waals surface area contributed by atoms with E-state index >= 15 is 0 Å². The van der Waals surface area contributed by atoms with E-state index in [1.54, 1.807) is 24.6 Å². The normalized spacial score (nSPS) is 10.1. The summed E-state index contributed by atoms with van der Waals surface area (Å²) in [6.07, 6.45) is 0. The lowest BCUT2D eigenvalue weighted by Gasteiger charge is -2.17. The number of methoxy groups -OCH3 is 1. The largest absolute Gasteiger partial charge is 0.489 e. The second-order valence-corrected chi connectivity index (χ2v) is 5.73. The number of nitrogens with one attached hydrogen (secondary N) is 1. The molecule has 1 N–H and O–H groups in total. The number of likely N-dealkylation sites (N-methyl/N-ethyl adjacent to an activating group) is 1. The van der Waals surface area contributed by atoms with Crippen molar-refractivity contribution >= 4 is 28.3 Å². The van der Waals surface area contributed by atoms with Gasteiger partial charge in [0.15, 0.2) is 11.6 Å². The lowest BCUT2D eigenvalue weighted by atomic mass is 10.3. The molecular formula is C16H17FN2O4S. The highest BCUT2D eigenvalue weighted by atomic mass is 32.1. The van der Waals surface area contributed by atoms with E-state index in [0.29, 0.717) is 10.6 Å². The molecule has 8 heteroatoms. The van der Waals surface area contributed by atoms with E-state index in [-0.39, 0.29) is 24.9 Å². The molecule has 1 aromatic heterocycles. The number of halogens is 1. The van der Waals surface area contributed by atoms with Crippen molar-refractivity contribution in [3.8, 4) is 5.75 Å². The molecular weight excluding hydrogens is 335 g/mol. The van der Waals surface area contributed by atoms with Crippen LogP contribution >= 0.6 is 11.3 Å². The van der Waals surface area contributed by atoms with E-state index in [2.05, 4.69) is 10.1 Å². The first-order valence-corrected chi connectivity index (χ1v) is 7.95. The standard InChI is InChI=1S/C16H17FN2O4S/c1-19(7-8-23-13-6-4-3-5-12(13)17)16(21)18-14-9-11(10-24-14)15(20)22-2/h3-6,9-10H,7-8H2,1-2H3,(H,18,21). The fourth-order valence-corrected chi connectivity index (χ4v) is 2.54. The number of hydrogen-bond donors (Lipinski definition) is 1. The number of hydrogen-bond acceptors (Lipinski definition) is 5. The molecule has 24 heavy (non-hydrogen) atoms. The van der Waals surface area contributed by atoms with Crippen molar-refractivity contribution in [2.45, 2.75) is 0 Å². The van der Waals surface area contributed by atoms with Crippen LogP contribution in [0, 0.1) is 5.82 Å². The number of benzene rings is 1. The third kappa shape index (κ3) is 4.69. The molecule has 0 aliphatic carbocycles. The molecule has 1 heterocycles. The molecule has 0 bridgehead atoms. The van der Waals surface area contributed by atoms with Gasteiger partial charge >= 0.3 is 12.0 Å². The zero-order chi connectivity index (χ0) is 17.5. The number of urea groups is 1. The Morgan fingerprint density at radius 3 is 2.79 bits per heavy atom. The van der Waals surface area contributed by atoms with Gasteiger partial charge in [-0.3, -0.25) is 5.32 Å². The van der Waals surface area contributed by atoms with Gasteiger partial charge in [0.25, 0.3) is 0 Å². The number of nitrogens with zero attached hydrogens (tertiary/aromatic N) is 1. The van der Waals surface area contributed by atoms with Crippen LogP contribution in [-0.2, 0) is 4.74 Å². The van der Waals surface area contributed by atoms with E-state index in [1.807, 2.05) is 0 Å². The molecule has 0 unspecified atom stereocenters. The number of para-hydroxylation sites is 1. The smallest absolute Gasteiger partial charge is 0.338 e. The maximum absolute atomic E-state index is 13.4. The van der Waals surface area contributed by atoms with Crippen molar-refractivity contribution in [2.24, 2.45) is 0 Å². The van der Waals surface area contributed by atoms with Crippen molar-refractivity contribution in [1.29, 1.82) is 0 Å². The maximum atomic E-state index is 13.4. The van der Waals surface area contributed by atoms with Crippen LogP contribution in [0.25, 0.3) is 0 Å². The molecule has 0 saturated carbocycles. The number of thiophene rings is 1. The van der Waals surface area contributed by atoms with Gasteiger partial charge in [-0.15, -0.1) is 11.3 Å². The fraction of sp³-hybridized carbons (Fsp3) is 0.250. The van der Waals surface area contributed by atoms with Crippen LogP contribution in [0.4, 0.5) is 14.2 Å². The van der Waals surface area contributed by atoms with Crippen LogP contribution in [0.2, 0.25) is 0 Å². The molecule has 2 rings (SSSR count). The lowest BCUT2D eigenvalue weighted by molar-refractivity contribution is 0.0601. The summed E-state index contributed by atoms with van der Waals surface area (Å²) in [6, 6.07) is 7.26. The van der Waals surface area contributed by atoms with Crippen molar-refractivity contribution < 1.29 is 23.5 Å². The van der Waals surface area contributed by atoms with E-state index in [9.17, 15) is 14.0 Å². The number of carbonyl (C=O) groups excluding carboxylic acids is 2. The van der Waals surface area contributed by atoms with Crippen molar-refractivity contribution in [1.82, 2.24) is 4.90 Å². The summed E-state index contributed by atoms with van der Waals surface area (Å²) in [5, 5.41) is 4.80. The van der Waals surface area contributed by atoms with Crippen LogP contribution in [0.1, 0.15) is 10.4 Å². The van der Waals surface area contributed by atoms with Crippen LogP contribution in [-0.4, -0.2) is 44.2 Å². The van der Waals surface area contributed by atoms with Gasteiger partial charge in [0.1, 0.15) is 6.61 Å². The number of anilines is 1. The Morgan fingerprint density at radius 1 is 1.33 bits per heavy atom. The van der Waals surface area contributed by atoms with Crippen LogP contribution in [0.3, 0.4) is 0 Å². The Balaban J connectivity index is 1.81. The molecule has 6 nitrogen and oxygen atoms in total. The van der Waals surface area contributed by atoms with Gasteiger partial charge in [0.05, 0.1) is 24.2 Å². The summed E-state index contributed by atoms with van der Waals surface area (Å²) in [4.78, 5) is 24.8. The summed E-state index contributed by atoms with van der Waals surface area (Å²) >= 11 is 1.22. The molecule has 0 saturated heterocycles. The highest BCUT2D eigenvalue weighted by Gasteiger charge is 2.13. The maximum Gasteiger partial charge on any atom is 0.338 e. The lowest BCUT2D eigenvalue weighted by Crippen LogP contribution is -2.34. The molecule has 1 aromatic carbocycles. The Labute approximate surface area is 142 Å². The first-order chi connectivity index (χ1) is 11.5. The third-order valence-corrected chi connectivity index (χ3v) is 3.96. The molecule has 0 aliphatic heterocycles. The van der Waals surface area contributed by atoms with Crippen LogP contribution < -0.4 is 10.1 Å². The monoisotopic (exact) mass is 352 g/mol. The number of rotatable bonds is 6. The molecule has 0 atom stereocenters. The Kier molecular flexibility index (Phi) is 6.14. The van der Waals surface area contributed by atoms with Gasteiger partial charge in [0.2, 0.25) is 0 Å². The second kappa shape index (κ2) is 8.30. The van der Waals surface area contributed by atoms with E-state index in [0.717, 1.165) is 0 Å². The van der Waals surface area contributed by atoms with Gasteiger partial charge in [0, 0.05) is 12.4 Å². The molecule has 128 valence electrons. The van der Waals surface area contributed by atoms with Crippen molar-refractivity contribution in [3.05, 3.63) is 47.1 Å². The SMILES string of the molecule is COC(=O)c1csc(NC(=O)N(C)CCOc2ccccc2F)c1. The number of amides is 2. The number of ether oxygens (including phenoxy) is 2. The first-order valence-electron chi connectivity index (χ1n) is 7.07. The molecule has 0 radical (unpaired) electrons. The average Bonchev–Trinajstić information content (AvgIpc) is 3.04. The predicted octanol–water partition coefficient (Wildman–Crippen LogP) is 3.22. The third-order valence-electron chi connectivity index (χ3n) is 3.12. The summed E-state index contributed by atoms with van der Waals surface area (Å²) in [7, 11) is 2.89. The topological polar surface area (TPSA) is 67.9 Å². The molecule has 2 amide bonds. The van der Waals surface area contributed by atoms with E-state index in [1.165, 1.54) is 41.5 Å². The highest BCUT2D eigenvalue weighted by molar-refractivity contribution is 7.14. The highest BCUT2D eigenvalue weighted by Crippen LogP contribution is 2.21. The molecule has 0 spiro atoms. The zero-order valence-electron chi connectivity index (χ0n) is 13.2. The Morgan fingerprint density at radius 2 is 2.08 bits per heavy atom. The van der Waals surface area contributed by atoms with Crippen LogP contribution in [0.15, 0.2) is 35.7 Å². The predicted molar refractivity (Wildman–Crippen MR) is 89.2 cm³/mol. The summed E-state index contributed by atoms with van der Waals surface area (Å²) in [5.41, 5.74) is 0.378. The fourth-order valence-electron chi connectivity index (χ4n) is 1.78. The average molecular weight is 352 g/mol. The summed E-state index contributed by atoms with van der Waals surface area (Å²) in [5.74, 6) is -0.760. The summed E-state index contributed by atoms with van der Waals surface area (Å²) < 4.78 is 23.3. The molecule has 0 fully saturated rings. The van der Waals surface area contributed by atoms with Gasteiger partial charge in [-0.2, -0.15) is 0 Å². The minimum atomic E-state index is -0.460. The van der Waals surface area contributed by atoms with E-state index in [4.69, 9.17) is 4.74 Å². The number of carbonyl (C=O) groups is 2. The van der Waals surface area contributed by atoms with Crippen molar-refractivity contribution in [3.63, 3.8) is 0 Å². The Hall–Kier alpha value is -2.61. The van der Waals surface area contributed by atoms with Crippen LogP contribution in [0.5, 0.6) is 5.75 Å². The summed E-state index contributed by atoms with van der Waals surface area (Å²) in [6.45, 7) is 0.429. The van der Waals surface area contributed by atoms with Gasteiger partial charge in [-0.25, -0.2) is 14.0 Å². The van der Waals surface area contributed by atoms with E-state index < -0.39 is 11.8 Å². The zero-order valence-corrected chi connectivity index (χ0v) is 14.1. The number of esters is 1. The molecule has 0 aliphatic rings. The van der Waals surface area contributed by atoms with Gasteiger partial charge in [-0.1, -0.05) is 12.1 Å². The second-order valence-electron chi connectivity index (χ2n) is 4.82. The van der Waals surface area contributed by atoms with Crippen molar-refractivity contribution in [2.75, 3.05) is 32.6 Å². The van der Waals surface area contributed by atoms with Gasteiger partial charge in [-0.05, 0) is 18.2 Å². The Bertz CT molecular complexity index is 720. The quantitative estimate of drug-likeness (QED) is 0.811.